The van der Waals surface area contributed by atoms with Gasteiger partial charge in [0.1, 0.15) is 0 Å². The second-order valence-electron chi connectivity index (χ2n) is 4.08. The predicted octanol–water partition coefficient (Wildman–Crippen LogP) is -0.520. The summed E-state index contributed by atoms with van der Waals surface area (Å²) in [5.41, 5.74) is 0. The molecule has 1 fully saturated rings. The minimum atomic E-state index is -0.684. The van der Waals surface area contributed by atoms with Gasteiger partial charge in [-0.3, -0.25) is 0 Å². The maximum absolute atomic E-state index is 9.17. The lowest BCUT2D eigenvalue weighted by Crippen LogP contribution is -2.44. The average Bonchev–Trinajstić information content (AvgIpc) is 2.26. The van der Waals surface area contributed by atoms with Gasteiger partial charge in [-0.15, -0.1) is 0 Å². The highest BCUT2D eigenvalue weighted by molar-refractivity contribution is 4.81. The zero-order valence-corrected chi connectivity index (χ0v) is 8.52. The number of nitrogens with one attached hydrogen (secondary N) is 1. The highest BCUT2D eigenvalue weighted by atomic mass is 16.3. The molecule has 0 aromatic rings. The molecule has 3 atom stereocenters. The third-order valence-electron chi connectivity index (χ3n) is 2.97. The quantitative estimate of drug-likeness (QED) is 0.485. The number of aliphatic hydroxyl groups is 3. The van der Waals surface area contributed by atoms with E-state index in [0.717, 1.165) is 12.8 Å². The monoisotopic (exact) mass is 203 g/mol. The molecule has 4 heteroatoms. The van der Waals surface area contributed by atoms with Gasteiger partial charge in [-0.1, -0.05) is 12.8 Å². The molecule has 0 aromatic heterocycles. The van der Waals surface area contributed by atoms with Gasteiger partial charge >= 0.3 is 0 Å². The SMILES string of the molecule is OCC1CCCCC1NC[C@H](O)CO. The van der Waals surface area contributed by atoms with Crippen molar-refractivity contribution in [3.05, 3.63) is 0 Å². The zero-order valence-electron chi connectivity index (χ0n) is 8.52. The van der Waals surface area contributed by atoms with Gasteiger partial charge in [-0.25, -0.2) is 0 Å². The van der Waals surface area contributed by atoms with Crippen LogP contribution in [0.1, 0.15) is 25.7 Å². The van der Waals surface area contributed by atoms with Crippen LogP contribution in [-0.4, -0.2) is 47.2 Å². The van der Waals surface area contributed by atoms with Gasteiger partial charge in [0.25, 0.3) is 0 Å². The van der Waals surface area contributed by atoms with Gasteiger partial charge in [0.2, 0.25) is 0 Å². The first-order valence-electron chi connectivity index (χ1n) is 5.41. The Hall–Kier alpha value is -0.160. The largest absolute Gasteiger partial charge is 0.396 e. The van der Waals surface area contributed by atoms with E-state index in [1.54, 1.807) is 0 Å². The summed E-state index contributed by atoms with van der Waals surface area (Å²) in [5, 5.41) is 30.2. The predicted molar refractivity (Wildman–Crippen MR) is 53.9 cm³/mol. The van der Waals surface area contributed by atoms with Crippen molar-refractivity contribution in [1.29, 1.82) is 0 Å². The van der Waals surface area contributed by atoms with Crippen molar-refractivity contribution in [2.45, 2.75) is 37.8 Å². The Morgan fingerprint density at radius 2 is 1.93 bits per heavy atom. The molecule has 0 bridgehead atoms. The van der Waals surface area contributed by atoms with Gasteiger partial charge in [0, 0.05) is 19.2 Å². The fourth-order valence-corrected chi connectivity index (χ4v) is 2.05. The molecule has 0 heterocycles. The summed E-state index contributed by atoms with van der Waals surface area (Å²) in [6.45, 7) is 0.425. The molecule has 1 rings (SSSR count). The van der Waals surface area contributed by atoms with E-state index in [1.807, 2.05) is 0 Å². The second-order valence-corrected chi connectivity index (χ2v) is 4.08. The maximum Gasteiger partial charge on any atom is 0.0895 e. The number of rotatable bonds is 5. The van der Waals surface area contributed by atoms with Crippen molar-refractivity contribution < 1.29 is 15.3 Å². The van der Waals surface area contributed by atoms with Crippen LogP contribution in [0.2, 0.25) is 0 Å². The van der Waals surface area contributed by atoms with Crippen molar-refractivity contribution >= 4 is 0 Å². The van der Waals surface area contributed by atoms with Gasteiger partial charge in [0.05, 0.1) is 12.7 Å². The molecule has 4 N–H and O–H groups in total. The summed E-state index contributed by atoms with van der Waals surface area (Å²) in [7, 11) is 0. The van der Waals surface area contributed by atoms with Crippen LogP contribution in [0.4, 0.5) is 0 Å². The maximum atomic E-state index is 9.17. The van der Waals surface area contributed by atoms with E-state index < -0.39 is 6.10 Å². The van der Waals surface area contributed by atoms with E-state index in [0.29, 0.717) is 18.5 Å². The third kappa shape index (κ3) is 3.53. The molecule has 1 aliphatic carbocycles. The lowest BCUT2D eigenvalue weighted by Gasteiger charge is -2.31. The second kappa shape index (κ2) is 6.35. The van der Waals surface area contributed by atoms with Crippen LogP contribution >= 0.6 is 0 Å². The van der Waals surface area contributed by atoms with Crippen molar-refractivity contribution in [2.24, 2.45) is 5.92 Å². The van der Waals surface area contributed by atoms with E-state index in [1.165, 1.54) is 12.8 Å². The normalized spacial score (nSPS) is 30.2. The van der Waals surface area contributed by atoms with E-state index >= 15 is 0 Å². The first kappa shape index (κ1) is 11.9. The number of aliphatic hydroxyl groups excluding tert-OH is 3. The van der Waals surface area contributed by atoms with Crippen LogP contribution in [0.15, 0.2) is 0 Å². The fourth-order valence-electron chi connectivity index (χ4n) is 2.05. The fraction of sp³-hybridized carbons (Fsp3) is 1.00. The molecule has 0 aromatic carbocycles. The molecule has 4 nitrogen and oxygen atoms in total. The molecule has 0 spiro atoms. The Bertz CT molecular complexity index is 154. The van der Waals surface area contributed by atoms with Crippen LogP contribution in [0, 0.1) is 5.92 Å². The van der Waals surface area contributed by atoms with E-state index in [-0.39, 0.29) is 13.2 Å². The molecule has 2 unspecified atom stereocenters. The lowest BCUT2D eigenvalue weighted by atomic mass is 9.85. The molecule has 0 radical (unpaired) electrons. The summed E-state index contributed by atoms with van der Waals surface area (Å²) in [6.07, 6.45) is 3.80. The summed E-state index contributed by atoms with van der Waals surface area (Å²) in [6, 6.07) is 0.301. The van der Waals surface area contributed by atoms with Gasteiger partial charge in [-0.2, -0.15) is 0 Å². The molecular weight excluding hydrogens is 182 g/mol. The smallest absolute Gasteiger partial charge is 0.0895 e. The Kier molecular flexibility index (Phi) is 5.40. The van der Waals surface area contributed by atoms with Crippen molar-refractivity contribution in [2.75, 3.05) is 19.8 Å². The molecule has 84 valence electrons. The van der Waals surface area contributed by atoms with Gasteiger partial charge in [0.15, 0.2) is 0 Å². The van der Waals surface area contributed by atoms with Crippen LogP contribution in [-0.2, 0) is 0 Å². The highest BCUT2D eigenvalue weighted by Gasteiger charge is 2.24. The highest BCUT2D eigenvalue weighted by Crippen LogP contribution is 2.23. The summed E-state index contributed by atoms with van der Waals surface area (Å²) >= 11 is 0. The minimum absolute atomic E-state index is 0.205. The summed E-state index contributed by atoms with van der Waals surface area (Å²) in [4.78, 5) is 0. The Labute approximate surface area is 85.0 Å². The number of hydrogen-bond acceptors (Lipinski definition) is 4. The topological polar surface area (TPSA) is 72.7 Å². The average molecular weight is 203 g/mol. The van der Waals surface area contributed by atoms with Crippen molar-refractivity contribution in [1.82, 2.24) is 5.32 Å². The van der Waals surface area contributed by atoms with Crippen LogP contribution in [0.5, 0.6) is 0 Å². The molecule has 0 saturated heterocycles. The van der Waals surface area contributed by atoms with Crippen LogP contribution in [0.25, 0.3) is 0 Å². The zero-order chi connectivity index (χ0) is 10.4. The standard InChI is InChI=1S/C10H21NO3/c12-6-8-3-1-2-4-10(8)11-5-9(14)7-13/h8-14H,1-7H2/t8?,9-,10?/m0/s1. The lowest BCUT2D eigenvalue weighted by molar-refractivity contribution is 0.0815. The first-order valence-corrected chi connectivity index (χ1v) is 5.41. The molecule has 0 amide bonds. The van der Waals surface area contributed by atoms with E-state index in [2.05, 4.69) is 5.32 Å². The summed E-state index contributed by atoms with van der Waals surface area (Å²) < 4.78 is 0. The molecule has 14 heavy (non-hydrogen) atoms. The molecule has 1 aliphatic rings. The minimum Gasteiger partial charge on any atom is -0.396 e. The van der Waals surface area contributed by atoms with Gasteiger partial charge < -0.3 is 20.6 Å². The van der Waals surface area contributed by atoms with Crippen molar-refractivity contribution in [3.8, 4) is 0 Å². The van der Waals surface area contributed by atoms with Gasteiger partial charge in [-0.05, 0) is 18.8 Å². The Morgan fingerprint density at radius 1 is 1.21 bits per heavy atom. The van der Waals surface area contributed by atoms with Crippen molar-refractivity contribution in [3.63, 3.8) is 0 Å². The van der Waals surface area contributed by atoms with Crippen LogP contribution in [0.3, 0.4) is 0 Å². The van der Waals surface area contributed by atoms with Crippen LogP contribution < -0.4 is 5.32 Å². The molecule has 1 saturated carbocycles. The first-order chi connectivity index (χ1) is 6.77. The molecular formula is C10H21NO3. The third-order valence-corrected chi connectivity index (χ3v) is 2.97. The van der Waals surface area contributed by atoms with E-state index in [9.17, 15) is 5.11 Å². The Balaban J connectivity index is 2.26. The Morgan fingerprint density at radius 3 is 2.57 bits per heavy atom. The summed E-state index contributed by atoms with van der Waals surface area (Å²) in [5.74, 6) is 0.314. The van der Waals surface area contributed by atoms with E-state index in [4.69, 9.17) is 10.2 Å². The molecule has 0 aliphatic heterocycles. The number of hydrogen-bond donors (Lipinski definition) is 4.